The van der Waals surface area contributed by atoms with Crippen molar-refractivity contribution in [2.24, 2.45) is 0 Å². The Morgan fingerprint density at radius 2 is 1.52 bits per heavy atom. The molecule has 0 saturated carbocycles. The summed E-state index contributed by atoms with van der Waals surface area (Å²) in [7, 11) is 2.99. The molecule has 0 aliphatic carbocycles. The fraction of sp³-hybridized carbons (Fsp3) is 0.111. The third kappa shape index (κ3) is 3.55. The number of para-hydroxylation sites is 1. The van der Waals surface area contributed by atoms with Crippen LogP contribution < -0.4 is 20.3 Å². The van der Waals surface area contributed by atoms with E-state index in [9.17, 15) is 9.59 Å². The highest BCUT2D eigenvalue weighted by molar-refractivity contribution is 6.01. The summed E-state index contributed by atoms with van der Waals surface area (Å²) in [4.78, 5) is 27.4. The molecule has 3 rings (SSSR count). The van der Waals surface area contributed by atoms with Gasteiger partial charge >= 0.3 is 0 Å². The average molecular weight is 339 g/mol. The lowest BCUT2D eigenvalue weighted by Gasteiger charge is -2.09. The van der Waals surface area contributed by atoms with Gasteiger partial charge in [0.15, 0.2) is 0 Å². The second kappa shape index (κ2) is 6.96. The maximum Gasteiger partial charge on any atom is 0.286 e. The van der Waals surface area contributed by atoms with Crippen molar-refractivity contribution >= 4 is 22.7 Å². The Hall–Kier alpha value is -3.48. The molecule has 1 heterocycles. The minimum Gasteiger partial charge on any atom is -0.497 e. The second-order valence-corrected chi connectivity index (χ2v) is 5.28. The Balaban J connectivity index is 1.70. The van der Waals surface area contributed by atoms with Gasteiger partial charge in [-0.1, -0.05) is 18.2 Å². The Kier molecular flexibility index (Phi) is 4.56. The minimum atomic E-state index is -0.485. The molecule has 7 nitrogen and oxygen atoms in total. The number of H-pyrrole nitrogens is 1. The fourth-order valence-corrected chi connectivity index (χ4v) is 2.39. The van der Waals surface area contributed by atoms with Crippen molar-refractivity contribution in [3.63, 3.8) is 0 Å². The van der Waals surface area contributed by atoms with Crippen LogP contribution in [-0.4, -0.2) is 31.0 Å². The number of hydrogen-bond donors (Lipinski definition) is 3. The first-order valence-electron chi connectivity index (χ1n) is 7.52. The zero-order chi connectivity index (χ0) is 17.8. The molecule has 0 saturated heterocycles. The second-order valence-electron chi connectivity index (χ2n) is 5.28. The van der Waals surface area contributed by atoms with Crippen LogP contribution in [0.5, 0.6) is 11.5 Å². The molecule has 128 valence electrons. The van der Waals surface area contributed by atoms with Crippen LogP contribution in [-0.2, 0) is 0 Å². The first kappa shape index (κ1) is 16.4. The van der Waals surface area contributed by atoms with Crippen molar-refractivity contribution in [3.8, 4) is 11.5 Å². The van der Waals surface area contributed by atoms with E-state index in [0.29, 0.717) is 22.8 Å². The minimum absolute atomic E-state index is 0.299. The van der Waals surface area contributed by atoms with Crippen molar-refractivity contribution in [1.82, 2.24) is 15.8 Å². The van der Waals surface area contributed by atoms with Gasteiger partial charge in [0, 0.05) is 22.5 Å². The third-order valence-corrected chi connectivity index (χ3v) is 3.68. The molecule has 2 aromatic carbocycles. The van der Waals surface area contributed by atoms with E-state index in [-0.39, 0.29) is 0 Å². The van der Waals surface area contributed by atoms with Gasteiger partial charge in [0.2, 0.25) is 0 Å². The number of benzene rings is 2. The van der Waals surface area contributed by atoms with E-state index in [1.165, 1.54) is 14.2 Å². The molecule has 7 heteroatoms. The summed E-state index contributed by atoms with van der Waals surface area (Å²) in [6.45, 7) is 0. The summed E-state index contributed by atoms with van der Waals surface area (Å²) < 4.78 is 10.2. The number of aromatic nitrogens is 1. The number of rotatable bonds is 4. The Labute approximate surface area is 143 Å². The van der Waals surface area contributed by atoms with Crippen molar-refractivity contribution in [2.45, 2.75) is 0 Å². The average Bonchev–Trinajstić information content (AvgIpc) is 3.09. The number of nitrogens with one attached hydrogen (secondary N) is 3. The van der Waals surface area contributed by atoms with Crippen molar-refractivity contribution < 1.29 is 19.1 Å². The molecule has 0 atom stereocenters. The highest BCUT2D eigenvalue weighted by atomic mass is 16.5. The predicted octanol–water partition coefficient (Wildman–Crippen LogP) is 2.26. The Morgan fingerprint density at radius 1 is 0.880 bits per heavy atom. The summed E-state index contributed by atoms with van der Waals surface area (Å²) >= 11 is 0. The number of amides is 2. The predicted molar refractivity (Wildman–Crippen MR) is 92.8 cm³/mol. The van der Waals surface area contributed by atoms with Gasteiger partial charge in [0.25, 0.3) is 11.8 Å². The van der Waals surface area contributed by atoms with Gasteiger partial charge < -0.3 is 14.5 Å². The zero-order valence-electron chi connectivity index (χ0n) is 13.8. The van der Waals surface area contributed by atoms with Crippen LogP contribution >= 0.6 is 0 Å². The van der Waals surface area contributed by atoms with Gasteiger partial charge in [-0.15, -0.1) is 0 Å². The van der Waals surface area contributed by atoms with E-state index in [1.807, 2.05) is 24.3 Å². The number of aromatic amines is 1. The maximum atomic E-state index is 12.2. The van der Waals surface area contributed by atoms with Crippen LogP contribution in [0, 0.1) is 0 Å². The van der Waals surface area contributed by atoms with Gasteiger partial charge in [0.1, 0.15) is 17.2 Å². The lowest BCUT2D eigenvalue weighted by molar-refractivity contribution is 0.0844. The largest absolute Gasteiger partial charge is 0.497 e. The number of hydrazine groups is 1. The molecule has 0 bridgehead atoms. The molecule has 1 aromatic heterocycles. The van der Waals surface area contributed by atoms with Crippen molar-refractivity contribution in [3.05, 3.63) is 59.8 Å². The number of methoxy groups -OCH3 is 2. The Morgan fingerprint density at radius 3 is 2.16 bits per heavy atom. The van der Waals surface area contributed by atoms with Crippen molar-refractivity contribution in [2.75, 3.05) is 14.2 Å². The van der Waals surface area contributed by atoms with Crippen LogP contribution in [0.2, 0.25) is 0 Å². The number of hydrogen-bond acceptors (Lipinski definition) is 4. The van der Waals surface area contributed by atoms with E-state index in [2.05, 4.69) is 15.8 Å². The van der Waals surface area contributed by atoms with Crippen LogP contribution in [0.4, 0.5) is 0 Å². The third-order valence-electron chi connectivity index (χ3n) is 3.68. The summed E-state index contributed by atoms with van der Waals surface area (Å²) in [5.41, 5.74) is 6.25. The molecule has 0 radical (unpaired) electrons. The molecule has 3 N–H and O–H groups in total. The van der Waals surface area contributed by atoms with Gasteiger partial charge in [0.05, 0.1) is 14.2 Å². The van der Waals surface area contributed by atoms with E-state index in [1.54, 1.807) is 24.3 Å². The van der Waals surface area contributed by atoms with Gasteiger partial charge in [-0.3, -0.25) is 20.4 Å². The standard InChI is InChI=1S/C18H17N3O4/c1-24-13-7-12(8-14(10-13)25-2)17(22)20-21-18(23)16-9-11-5-3-4-6-15(11)19-16/h3-10,19H,1-2H3,(H,20,22)(H,21,23). The summed E-state index contributed by atoms with van der Waals surface area (Å²) in [6, 6.07) is 14.0. The summed E-state index contributed by atoms with van der Waals surface area (Å²) in [5, 5.41) is 0.913. The lowest BCUT2D eigenvalue weighted by atomic mass is 10.2. The van der Waals surface area contributed by atoms with Gasteiger partial charge in [-0.2, -0.15) is 0 Å². The number of fused-ring (bicyclic) bond motifs is 1. The summed E-state index contributed by atoms with van der Waals surface area (Å²) in [6.07, 6.45) is 0. The molecule has 0 fully saturated rings. The molecule has 0 spiro atoms. The molecule has 25 heavy (non-hydrogen) atoms. The van der Waals surface area contributed by atoms with E-state index >= 15 is 0 Å². The monoisotopic (exact) mass is 339 g/mol. The lowest BCUT2D eigenvalue weighted by Crippen LogP contribution is -2.41. The molecule has 0 unspecified atom stereocenters. The van der Waals surface area contributed by atoms with E-state index in [4.69, 9.17) is 9.47 Å². The zero-order valence-corrected chi connectivity index (χ0v) is 13.8. The Bertz CT molecular complexity index is 878. The fourth-order valence-electron chi connectivity index (χ4n) is 2.39. The van der Waals surface area contributed by atoms with E-state index in [0.717, 1.165) is 10.9 Å². The molecule has 0 aliphatic heterocycles. The van der Waals surface area contributed by atoms with Crippen molar-refractivity contribution in [1.29, 1.82) is 0 Å². The molecule has 2 amide bonds. The quantitative estimate of drug-likeness (QED) is 0.636. The highest BCUT2D eigenvalue weighted by Crippen LogP contribution is 2.22. The summed E-state index contributed by atoms with van der Waals surface area (Å²) in [5.74, 6) is 0.0268. The van der Waals surface area contributed by atoms with Crippen LogP contribution in [0.25, 0.3) is 10.9 Å². The van der Waals surface area contributed by atoms with Crippen LogP contribution in [0.1, 0.15) is 20.8 Å². The smallest absolute Gasteiger partial charge is 0.286 e. The molecular weight excluding hydrogens is 322 g/mol. The SMILES string of the molecule is COc1cc(OC)cc(C(=O)NNC(=O)c2cc3ccccc3[nH]2)c1. The molecule has 0 aliphatic rings. The molecule has 3 aromatic rings. The topological polar surface area (TPSA) is 92.4 Å². The first-order valence-corrected chi connectivity index (χ1v) is 7.52. The normalized spacial score (nSPS) is 10.3. The number of carbonyl (C=O) groups is 2. The first-order chi connectivity index (χ1) is 12.1. The molecular formula is C18H17N3O4. The maximum absolute atomic E-state index is 12.2. The van der Waals surface area contributed by atoms with Crippen LogP contribution in [0.15, 0.2) is 48.5 Å². The van der Waals surface area contributed by atoms with Gasteiger partial charge in [-0.05, 0) is 24.3 Å². The highest BCUT2D eigenvalue weighted by Gasteiger charge is 2.13. The van der Waals surface area contributed by atoms with Crippen LogP contribution in [0.3, 0.4) is 0 Å². The number of ether oxygens (including phenoxy) is 2. The number of carbonyl (C=O) groups excluding carboxylic acids is 2. The van der Waals surface area contributed by atoms with Gasteiger partial charge in [-0.25, -0.2) is 0 Å². The van der Waals surface area contributed by atoms with E-state index < -0.39 is 11.8 Å².